The van der Waals surface area contributed by atoms with Crippen molar-refractivity contribution in [2.75, 3.05) is 0 Å². The van der Waals surface area contributed by atoms with Crippen LogP contribution in [0.2, 0.25) is 0 Å². The zero-order valence-corrected chi connectivity index (χ0v) is 10.3. The number of benzene rings is 1. The number of hydrogen-bond acceptors (Lipinski definition) is 2. The van der Waals surface area contributed by atoms with Crippen LogP contribution in [0.4, 0.5) is 13.2 Å². The molecule has 7 heteroatoms. The second-order valence-corrected chi connectivity index (χ2v) is 4.24. The fourth-order valence-electron chi connectivity index (χ4n) is 1.42. The Morgan fingerprint density at radius 3 is 2.56 bits per heavy atom. The number of nitrogens with zero attached hydrogens (tertiary/aromatic N) is 3. The van der Waals surface area contributed by atoms with Crippen LogP contribution in [0, 0.1) is 11.3 Å². The summed E-state index contributed by atoms with van der Waals surface area (Å²) in [6.07, 6.45) is -3.32. The van der Waals surface area contributed by atoms with Crippen molar-refractivity contribution in [3.8, 4) is 11.8 Å². The number of hydrogen-bond donors (Lipinski definition) is 0. The van der Waals surface area contributed by atoms with Crippen LogP contribution in [-0.2, 0) is 6.18 Å². The topological polar surface area (TPSA) is 41.6 Å². The fraction of sp³-hybridized carbons (Fsp3) is 0.0909. The highest BCUT2D eigenvalue weighted by molar-refractivity contribution is 9.10. The average Bonchev–Trinajstić information content (AvgIpc) is 2.77. The van der Waals surface area contributed by atoms with Crippen molar-refractivity contribution in [3.05, 3.63) is 46.2 Å². The molecular weight excluding hydrogens is 311 g/mol. The summed E-state index contributed by atoms with van der Waals surface area (Å²) in [7, 11) is 0. The van der Waals surface area contributed by atoms with Crippen molar-refractivity contribution in [1.82, 2.24) is 9.78 Å². The lowest BCUT2D eigenvalue weighted by Crippen LogP contribution is -2.07. The summed E-state index contributed by atoms with van der Waals surface area (Å²) in [6.45, 7) is 0. The van der Waals surface area contributed by atoms with E-state index in [-0.39, 0.29) is 5.56 Å². The third kappa shape index (κ3) is 2.24. The van der Waals surface area contributed by atoms with Gasteiger partial charge in [-0.1, -0.05) is 6.07 Å². The first kappa shape index (κ1) is 12.6. The summed E-state index contributed by atoms with van der Waals surface area (Å²) < 4.78 is 38.8. The average molecular weight is 316 g/mol. The van der Waals surface area contributed by atoms with Crippen molar-refractivity contribution < 1.29 is 13.2 Å². The lowest BCUT2D eigenvalue weighted by Gasteiger charge is -2.06. The molecular formula is C11H5BrF3N3. The monoisotopic (exact) mass is 315 g/mol. The molecule has 0 saturated heterocycles. The maximum absolute atomic E-state index is 12.4. The van der Waals surface area contributed by atoms with E-state index in [1.807, 2.05) is 6.07 Å². The fourth-order valence-corrected chi connectivity index (χ4v) is 1.87. The first-order chi connectivity index (χ1) is 8.43. The summed E-state index contributed by atoms with van der Waals surface area (Å²) in [5.74, 6) is 0. The van der Waals surface area contributed by atoms with Gasteiger partial charge < -0.3 is 0 Å². The molecule has 0 aliphatic carbocycles. The van der Waals surface area contributed by atoms with Gasteiger partial charge in [-0.2, -0.15) is 23.5 Å². The Morgan fingerprint density at radius 1 is 1.28 bits per heavy atom. The van der Waals surface area contributed by atoms with Gasteiger partial charge in [-0.3, -0.25) is 0 Å². The predicted molar refractivity (Wildman–Crippen MR) is 61.0 cm³/mol. The summed E-state index contributed by atoms with van der Waals surface area (Å²) in [4.78, 5) is 0. The molecule has 0 saturated carbocycles. The Bertz CT molecular complexity index is 625. The second kappa shape index (κ2) is 4.46. The summed E-state index contributed by atoms with van der Waals surface area (Å²) in [5.41, 5.74) is -0.469. The molecule has 0 radical (unpaired) electrons. The van der Waals surface area contributed by atoms with E-state index < -0.39 is 11.9 Å². The predicted octanol–water partition coefficient (Wildman–Crippen LogP) is 3.53. The Kier molecular flexibility index (Phi) is 3.13. The lowest BCUT2D eigenvalue weighted by molar-refractivity contribution is -0.141. The van der Waals surface area contributed by atoms with Crippen molar-refractivity contribution in [3.63, 3.8) is 0 Å². The number of aromatic nitrogens is 2. The van der Waals surface area contributed by atoms with E-state index in [4.69, 9.17) is 5.26 Å². The minimum atomic E-state index is -4.50. The molecule has 0 bridgehead atoms. The van der Waals surface area contributed by atoms with Gasteiger partial charge in [0.05, 0.1) is 11.3 Å². The smallest absolute Gasteiger partial charge is 0.239 e. The van der Waals surface area contributed by atoms with Gasteiger partial charge in [0.1, 0.15) is 6.07 Å². The van der Waals surface area contributed by atoms with E-state index in [0.29, 0.717) is 10.2 Å². The quantitative estimate of drug-likeness (QED) is 0.808. The molecule has 0 aliphatic heterocycles. The third-order valence-corrected chi connectivity index (χ3v) is 2.89. The van der Waals surface area contributed by atoms with Crippen LogP contribution in [-0.4, -0.2) is 9.78 Å². The zero-order valence-electron chi connectivity index (χ0n) is 8.74. The molecule has 18 heavy (non-hydrogen) atoms. The van der Waals surface area contributed by atoms with Gasteiger partial charge in [-0.15, -0.1) is 0 Å². The molecule has 1 aromatic heterocycles. The molecule has 0 spiro atoms. The van der Waals surface area contributed by atoms with E-state index in [0.717, 1.165) is 10.7 Å². The molecule has 3 nitrogen and oxygen atoms in total. The van der Waals surface area contributed by atoms with Gasteiger partial charge in [0, 0.05) is 10.7 Å². The standard InChI is InChI=1S/C11H5BrF3N3/c12-8-2-1-3-9(7(8)6-16)18-5-4-10(17-18)11(13,14)15/h1-5H. The van der Waals surface area contributed by atoms with Crippen molar-refractivity contribution in [2.45, 2.75) is 6.18 Å². The van der Waals surface area contributed by atoms with Gasteiger partial charge in [0.25, 0.3) is 0 Å². The molecule has 1 heterocycles. The van der Waals surface area contributed by atoms with Gasteiger partial charge in [-0.05, 0) is 34.1 Å². The molecule has 0 amide bonds. The molecule has 2 aromatic rings. The SMILES string of the molecule is N#Cc1c(Br)cccc1-n1ccc(C(F)(F)F)n1. The van der Waals surface area contributed by atoms with Gasteiger partial charge in [0.15, 0.2) is 5.69 Å². The highest BCUT2D eigenvalue weighted by atomic mass is 79.9. The first-order valence-electron chi connectivity index (χ1n) is 4.75. The van der Waals surface area contributed by atoms with Gasteiger partial charge >= 0.3 is 6.18 Å². The summed E-state index contributed by atoms with van der Waals surface area (Å²) in [6, 6.07) is 7.56. The van der Waals surface area contributed by atoms with Crippen LogP contribution < -0.4 is 0 Å². The summed E-state index contributed by atoms with van der Waals surface area (Å²) >= 11 is 3.17. The molecule has 2 rings (SSSR count). The molecule has 1 aromatic carbocycles. The van der Waals surface area contributed by atoms with E-state index in [1.165, 1.54) is 12.3 Å². The Balaban J connectivity index is 2.54. The second-order valence-electron chi connectivity index (χ2n) is 3.39. The van der Waals surface area contributed by atoms with Crippen LogP contribution in [0.1, 0.15) is 11.3 Å². The van der Waals surface area contributed by atoms with E-state index in [2.05, 4.69) is 21.0 Å². The van der Waals surface area contributed by atoms with Crippen molar-refractivity contribution in [2.24, 2.45) is 0 Å². The normalized spacial score (nSPS) is 11.3. The molecule has 92 valence electrons. The molecule has 0 N–H and O–H groups in total. The maximum atomic E-state index is 12.4. The number of halogens is 4. The number of rotatable bonds is 1. The van der Waals surface area contributed by atoms with E-state index in [9.17, 15) is 13.2 Å². The lowest BCUT2D eigenvalue weighted by atomic mass is 10.2. The molecule has 0 aliphatic rings. The highest BCUT2D eigenvalue weighted by Gasteiger charge is 2.33. The van der Waals surface area contributed by atoms with Gasteiger partial charge in [-0.25, -0.2) is 4.68 Å². The molecule has 0 fully saturated rings. The van der Waals surface area contributed by atoms with Crippen LogP contribution >= 0.6 is 15.9 Å². The van der Waals surface area contributed by atoms with E-state index in [1.54, 1.807) is 12.1 Å². The Labute approximate surface area is 109 Å². The largest absolute Gasteiger partial charge is 0.435 e. The van der Waals surface area contributed by atoms with E-state index >= 15 is 0 Å². The number of nitriles is 1. The first-order valence-corrected chi connectivity index (χ1v) is 5.54. The molecule has 0 unspecified atom stereocenters. The van der Waals surface area contributed by atoms with Crippen LogP contribution in [0.5, 0.6) is 0 Å². The number of alkyl halides is 3. The van der Waals surface area contributed by atoms with Crippen molar-refractivity contribution >= 4 is 15.9 Å². The Hall–Kier alpha value is -1.81. The van der Waals surface area contributed by atoms with Crippen molar-refractivity contribution in [1.29, 1.82) is 5.26 Å². The maximum Gasteiger partial charge on any atom is 0.435 e. The molecule has 0 atom stereocenters. The highest BCUT2D eigenvalue weighted by Crippen LogP contribution is 2.29. The third-order valence-electron chi connectivity index (χ3n) is 2.23. The van der Waals surface area contributed by atoms with Gasteiger partial charge in [0.2, 0.25) is 0 Å². The minimum absolute atomic E-state index is 0.231. The summed E-state index contributed by atoms with van der Waals surface area (Å²) in [5, 5.41) is 12.4. The Morgan fingerprint density at radius 2 is 2.00 bits per heavy atom. The zero-order chi connectivity index (χ0) is 13.3. The van der Waals surface area contributed by atoms with Crippen LogP contribution in [0.25, 0.3) is 5.69 Å². The van der Waals surface area contributed by atoms with Crippen LogP contribution in [0.3, 0.4) is 0 Å². The minimum Gasteiger partial charge on any atom is -0.239 e. The van der Waals surface area contributed by atoms with Crippen LogP contribution in [0.15, 0.2) is 34.9 Å².